The largest absolute Gasteiger partial charge is 0.354 e. The van der Waals surface area contributed by atoms with Crippen LogP contribution in [-0.4, -0.2) is 33.7 Å². The minimum Gasteiger partial charge on any atom is -0.354 e. The summed E-state index contributed by atoms with van der Waals surface area (Å²) in [5.74, 6) is 0.0925. The summed E-state index contributed by atoms with van der Waals surface area (Å²) in [6.45, 7) is 0.436. The molecule has 1 aliphatic carbocycles. The van der Waals surface area contributed by atoms with Crippen LogP contribution in [0.1, 0.15) is 18.4 Å². The number of hydrogen-bond acceptors (Lipinski definition) is 4. The van der Waals surface area contributed by atoms with Gasteiger partial charge in [-0.05, 0) is 37.1 Å². The number of nitriles is 1. The van der Waals surface area contributed by atoms with E-state index in [2.05, 4.69) is 5.32 Å². The van der Waals surface area contributed by atoms with Gasteiger partial charge in [-0.2, -0.15) is 5.26 Å². The third-order valence-electron chi connectivity index (χ3n) is 3.25. The van der Waals surface area contributed by atoms with Gasteiger partial charge in [0, 0.05) is 12.5 Å². The molecule has 7 heteroatoms. The summed E-state index contributed by atoms with van der Waals surface area (Å²) in [5, 5.41) is 11.5. The number of nitrogens with one attached hydrogen (secondary N) is 1. The van der Waals surface area contributed by atoms with Gasteiger partial charge in [0.2, 0.25) is 15.9 Å². The van der Waals surface area contributed by atoms with Crippen LogP contribution in [0.4, 0.5) is 5.69 Å². The van der Waals surface area contributed by atoms with Crippen molar-refractivity contribution in [2.24, 2.45) is 5.92 Å². The van der Waals surface area contributed by atoms with Gasteiger partial charge in [-0.3, -0.25) is 9.10 Å². The molecule has 0 aromatic heterocycles. The van der Waals surface area contributed by atoms with Crippen LogP contribution in [0.2, 0.25) is 0 Å². The minimum atomic E-state index is -3.44. The summed E-state index contributed by atoms with van der Waals surface area (Å²) in [7, 11) is -3.44. The van der Waals surface area contributed by atoms with Gasteiger partial charge in [0.15, 0.2) is 0 Å². The van der Waals surface area contributed by atoms with Crippen molar-refractivity contribution in [3.63, 3.8) is 0 Å². The van der Waals surface area contributed by atoms with Crippen molar-refractivity contribution in [2.45, 2.75) is 12.8 Å². The lowest BCUT2D eigenvalue weighted by Crippen LogP contribution is -2.38. The van der Waals surface area contributed by atoms with Gasteiger partial charge in [-0.25, -0.2) is 8.42 Å². The molecule has 1 fully saturated rings. The fourth-order valence-electron chi connectivity index (χ4n) is 1.96. The Morgan fingerprint density at radius 2 is 2.00 bits per heavy atom. The molecule has 0 radical (unpaired) electrons. The molecule has 0 spiro atoms. The molecule has 0 aliphatic heterocycles. The molecular formula is C14H17N3O3S. The molecule has 1 amide bonds. The number of carbonyl (C=O) groups is 1. The van der Waals surface area contributed by atoms with Crippen molar-refractivity contribution >= 4 is 21.6 Å². The molecule has 1 aliphatic rings. The van der Waals surface area contributed by atoms with E-state index in [1.165, 1.54) is 4.31 Å². The van der Waals surface area contributed by atoms with Crippen molar-refractivity contribution in [2.75, 3.05) is 23.7 Å². The molecule has 0 bridgehead atoms. The first-order chi connectivity index (χ1) is 9.91. The molecule has 21 heavy (non-hydrogen) atoms. The first kappa shape index (κ1) is 15.3. The highest BCUT2D eigenvalue weighted by Gasteiger charge is 2.29. The van der Waals surface area contributed by atoms with Gasteiger partial charge in [0.25, 0.3) is 0 Å². The number of benzene rings is 1. The first-order valence-corrected chi connectivity index (χ1v) is 8.52. The van der Waals surface area contributed by atoms with Crippen molar-refractivity contribution < 1.29 is 13.2 Å². The maximum absolute atomic E-state index is 11.9. The first-order valence-electron chi connectivity index (χ1n) is 6.67. The van der Waals surface area contributed by atoms with E-state index in [9.17, 15) is 13.2 Å². The van der Waals surface area contributed by atoms with Crippen molar-refractivity contribution in [3.8, 4) is 6.07 Å². The van der Waals surface area contributed by atoms with E-state index in [1.54, 1.807) is 24.3 Å². The third kappa shape index (κ3) is 4.20. The Morgan fingerprint density at radius 3 is 2.48 bits per heavy atom. The Balaban J connectivity index is 2.03. The summed E-state index contributed by atoms with van der Waals surface area (Å²) in [4.78, 5) is 11.5. The molecule has 1 aromatic carbocycles. The topological polar surface area (TPSA) is 90.3 Å². The Labute approximate surface area is 124 Å². The Morgan fingerprint density at radius 1 is 1.38 bits per heavy atom. The van der Waals surface area contributed by atoms with Gasteiger partial charge in [0.05, 0.1) is 30.1 Å². The highest BCUT2D eigenvalue weighted by Crippen LogP contribution is 2.28. The van der Waals surface area contributed by atoms with E-state index >= 15 is 0 Å². The second-order valence-electron chi connectivity index (χ2n) is 5.06. The average molecular weight is 307 g/mol. The van der Waals surface area contributed by atoms with E-state index in [0.29, 0.717) is 11.3 Å². The average Bonchev–Trinajstić information content (AvgIpc) is 3.27. The maximum Gasteiger partial charge on any atom is 0.232 e. The molecule has 0 unspecified atom stereocenters. The molecule has 0 saturated heterocycles. The molecule has 1 N–H and O–H groups in total. The molecule has 2 rings (SSSR count). The van der Waals surface area contributed by atoms with Gasteiger partial charge in [-0.1, -0.05) is 0 Å². The second-order valence-corrected chi connectivity index (χ2v) is 6.97. The monoisotopic (exact) mass is 307 g/mol. The lowest BCUT2D eigenvalue weighted by Gasteiger charge is -2.22. The van der Waals surface area contributed by atoms with Crippen LogP contribution >= 0.6 is 0 Å². The molecule has 0 heterocycles. The predicted octanol–water partition coefficient (Wildman–Crippen LogP) is 0.850. The maximum atomic E-state index is 11.9. The van der Waals surface area contributed by atoms with Crippen LogP contribution < -0.4 is 9.62 Å². The van der Waals surface area contributed by atoms with Crippen LogP contribution in [0.25, 0.3) is 0 Å². The number of amides is 1. The van der Waals surface area contributed by atoms with E-state index in [4.69, 9.17) is 5.26 Å². The molecule has 0 atom stereocenters. The number of sulfonamides is 1. The normalized spacial score (nSPS) is 14.3. The molecule has 6 nitrogen and oxygen atoms in total. The quantitative estimate of drug-likeness (QED) is 0.843. The fraction of sp³-hybridized carbons (Fsp3) is 0.429. The smallest absolute Gasteiger partial charge is 0.232 e. The number of carbonyl (C=O) groups excluding carboxylic acids is 1. The van der Waals surface area contributed by atoms with Crippen LogP contribution in [0.3, 0.4) is 0 Å². The standard InChI is InChI=1S/C14H17N3O3S/c1-21(19,20)17(9-8-16-14(18)12-4-5-12)13-6-2-11(10-15)3-7-13/h2-3,6-7,12H,4-5,8-9H2,1H3,(H,16,18). The highest BCUT2D eigenvalue weighted by molar-refractivity contribution is 7.92. The third-order valence-corrected chi connectivity index (χ3v) is 4.44. The Hall–Kier alpha value is -2.07. The highest BCUT2D eigenvalue weighted by atomic mass is 32.2. The molecule has 112 valence electrons. The van der Waals surface area contributed by atoms with Crippen LogP contribution in [0.15, 0.2) is 24.3 Å². The van der Waals surface area contributed by atoms with Crippen molar-refractivity contribution in [1.82, 2.24) is 5.32 Å². The van der Waals surface area contributed by atoms with E-state index in [-0.39, 0.29) is 24.9 Å². The molecular weight excluding hydrogens is 290 g/mol. The lowest BCUT2D eigenvalue weighted by molar-refractivity contribution is -0.122. The summed E-state index contributed by atoms with van der Waals surface area (Å²) < 4.78 is 24.9. The Bertz CT molecular complexity index is 658. The lowest BCUT2D eigenvalue weighted by atomic mass is 10.2. The summed E-state index contributed by atoms with van der Waals surface area (Å²) in [6, 6.07) is 8.29. The van der Waals surface area contributed by atoms with Gasteiger partial charge in [0.1, 0.15) is 0 Å². The number of nitrogens with zero attached hydrogens (tertiary/aromatic N) is 2. The summed E-state index contributed by atoms with van der Waals surface area (Å²) in [6.07, 6.45) is 2.95. The zero-order chi connectivity index (χ0) is 15.5. The Kier molecular flexibility index (Phi) is 4.48. The number of hydrogen-bond donors (Lipinski definition) is 1. The second kappa shape index (κ2) is 6.14. The minimum absolute atomic E-state index is 0.0109. The summed E-state index contributed by atoms with van der Waals surface area (Å²) in [5.41, 5.74) is 0.950. The molecule has 1 aromatic rings. The van der Waals surface area contributed by atoms with E-state index in [0.717, 1.165) is 19.1 Å². The zero-order valence-electron chi connectivity index (χ0n) is 11.7. The van der Waals surface area contributed by atoms with Crippen molar-refractivity contribution in [3.05, 3.63) is 29.8 Å². The fourth-order valence-corrected chi connectivity index (χ4v) is 2.89. The van der Waals surface area contributed by atoms with Crippen LogP contribution in [-0.2, 0) is 14.8 Å². The zero-order valence-corrected chi connectivity index (χ0v) is 12.6. The van der Waals surface area contributed by atoms with Crippen LogP contribution in [0.5, 0.6) is 0 Å². The summed E-state index contributed by atoms with van der Waals surface area (Å²) >= 11 is 0. The van der Waals surface area contributed by atoms with Gasteiger partial charge >= 0.3 is 0 Å². The number of rotatable bonds is 6. The van der Waals surface area contributed by atoms with Gasteiger partial charge in [-0.15, -0.1) is 0 Å². The number of anilines is 1. The van der Waals surface area contributed by atoms with E-state index < -0.39 is 10.0 Å². The van der Waals surface area contributed by atoms with E-state index in [1.807, 2.05) is 6.07 Å². The van der Waals surface area contributed by atoms with Gasteiger partial charge < -0.3 is 5.32 Å². The SMILES string of the molecule is CS(=O)(=O)N(CCNC(=O)C1CC1)c1ccc(C#N)cc1. The van der Waals surface area contributed by atoms with Crippen molar-refractivity contribution in [1.29, 1.82) is 5.26 Å². The van der Waals surface area contributed by atoms with Crippen LogP contribution in [0, 0.1) is 17.2 Å². The predicted molar refractivity (Wildman–Crippen MR) is 79.1 cm³/mol. The molecule has 1 saturated carbocycles.